The van der Waals surface area contributed by atoms with Crippen LogP contribution in [-0.2, 0) is 23.7 Å². The van der Waals surface area contributed by atoms with Gasteiger partial charge < -0.3 is 39.4 Å². The second-order valence-corrected chi connectivity index (χ2v) is 12.4. The van der Waals surface area contributed by atoms with Gasteiger partial charge in [-0.2, -0.15) is 0 Å². The molecule has 40 heavy (non-hydrogen) atoms. The highest BCUT2D eigenvalue weighted by molar-refractivity contribution is 5.78. The predicted molar refractivity (Wildman–Crippen MR) is 146 cm³/mol. The fourth-order valence-electron chi connectivity index (χ4n) is 6.85. The largest absolute Gasteiger partial charge is 0.462 e. The maximum atomic E-state index is 13.8. The van der Waals surface area contributed by atoms with Crippen LogP contribution >= 0.6 is 0 Å². The normalized spacial score (nSPS) is 49.6. The summed E-state index contributed by atoms with van der Waals surface area (Å²) in [6.45, 7) is 7.46. The summed E-state index contributed by atoms with van der Waals surface area (Å²) in [5, 5.41) is 43.9. The average Bonchev–Trinajstić information content (AvgIpc) is 3.25. The number of aliphatic hydroxyl groups is 4. The Hall–Kier alpha value is -1.85. The topological polar surface area (TPSA) is 135 Å². The molecule has 0 radical (unpaired) electrons. The number of fused-ring (bicyclic) bond motifs is 2. The fraction of sp³-hybridized carbons (Fsp3) is 0.710. The van der Waals surface area contributed by atoms with E-state index in [-0.39, 0.29) is 31.3 Å². The molecule has 0 aromatic rings. The van der Waals surface area contributed by atoms with E-state index in [1.807, 2.05) is 19.9 Å². The maximum Gasteiger partial charge on any atom is 0.316 e. The highest BCUT2D eigenvalue weighted by atomic mass is 16.7. The molecule has 4 heterocycles. The minimum Gasteiger partial charge on any atom is -0.462 e. The van der Waals surface area contributed by atoms with Gasteiger partial charge in [0.1, 0.15) is 29.8 Å². The molecular weight excluding hydrogens is 516 g/mol. The number of hydrogen-bond donors (Lipinski definition) is 4. The van der Waals surface area contributed by atoms with Crippen LogP contribution in [0.2, 0.25) is 0 Å². The molecule has 4 aliphatic heterocycles. The van der Waals surface area contributed by atoms with Crippen LogP contribution in [0.3, 0.4) is 0 Å². The first-order chi connectivity index (χ1) is 19.0. The number of carbonyl (C=O) groups is 1. The van der Waals surface area contributed by atoms with E-state index in [1.165, 1.54) is 0 Å². The van der Waals surface area contributed by atoms with E-state index >= 15 is 0 Å². The molecule has 1 spiro atoms. The number of allylic oxidation sites excluding steroid dienone is 2. The van der Waals surface area contributed by atoms with Crippen LogP contribution in [0.15, 0.2) is 47.1 Å². The van der Waals surface area contributed by atoms with Gasteiger partial charge in [0, 0.05) is 25.2 Å². The van der Waals surface area contributed by atoms with E-state index < -0.39 is 47.7 Å². The van der Waals surface area contributed by atoms with Crippen LogP contribution in [0.1, 0.15) is 59.8 Å². The van der Waals surface area contributed by atoms with Crippen molar-refractivity contribution in [1.29, 1.82) is 0 Å². The van der Waals surface area contributed by atoms with Gasteiger partial charge in [-0.15, -0.1) is 0 Å². The third-order valence-electron chi connectivity index (χ3n) is 9.60. The van der Waals surface area contributed by atoms with Crippen LogP contribution in [-0.4, -0.2) is 87.6 Å². The Bertz CT molecular complexity index is 1090. The standard InChI is InChI=1S/C31H44O9/c1-17-10-11-30(39-20(17)4)14-24-13-23(40-30)9-8-21(15-32)26(33)18(2)6-5-7-22-16-37-28-27(34)19(3)12-25(29(35)38-24)31(22,28)36/h5-8,12,17-18,20,23-28,32-34,36H,9-11,13-16H2,1-4H3/b6-5+,21-8+,22-7+/t17-,18-,20+,23+,24-,25-,26+,27+,28+,30-,31+/m0/s1. The molecule has 5 rings (SSSR count). The Morgan fingerprint density at radius 3 is 2.60 bits per heavy atom. The number of rotatable bonds is 1. The van der Waals surface area contributed by atoms with Gasteiger partial charge in [0.05, 0.1) is 31.5 Å². The Kier molecular flexibility index (Phi) is 8.47. The van der Waals surface area contributed by atoms with Crippen molar-refractivity contribution < 1.29 is 44.2 Å². The quantitative estimate of drug-likeness (QED) is 0.282. The Morgan fingerprint density at radius 1 is 1.10 bits per heavy atom. The van der Waals surface area contributed by atoms with Crippen LogP contribution in [0.25, 0.3) is 0 Å². The minimum absolute atomic E-state index is 0.0325. The van der Waals surface area contributed by atoms with Crippen molar-refractivity contribution in [2.75, 3.05) is 13.2 Å². The molecule has 222 valence electrons. The molecule has 5 aliphatic rings. The zero-order valence-electron chi connectivity index (χ0n) is 23.9. The molecule has 0 saturated carbocycles. The third kappa shape index (κ3) is 5.38. The summed E-state index contributed by atoms with van der Waals surface area (Å²) < 4.78 is 25.0. The summed E-state index contributed by atoms with van der Waals surface area (Å²) in [6.07, 6.45) is 7.37. The van der Waals surface area contributed by atoms with E-state index in [9.17, 15) is 25.2 Å². The van der Waals surface area contributed by atoms with Gasteiger partial charge in [-0.05, 0) is 49.3 Å². The van der Waals surface area contributed by atoms with Crippen LogP contribution in [0, 0.1) is 17.8 Å². The molecule has 0 amide bonds. The lowest BCUT2D eigenvalue weighted by Crippen LogP contribution is -2.58. The number of aliphatic hydroxyl groups excluding tert-OH is 3. The van der Waals surface area contributed by atoms with Crippen molar-refractivity contribution in [3.63, 3.8) is 0 Å². The van der Waals surface area contributed by atoms with Gasteiger partial charge in [0.2, 0.25) is 0 Å². The van der Waals surface area contributed by atoms with Crippen molar-refractivity contribution in [2.24, 2.45) is 17.8 Å². The highest BCUT2D eigenvalue weighted by Gasteiger charge is 2.60. The smallest absolute Gasteiger partial charge is 0.316 e. The highest BCUT2D eigenvalue weighted by Crippen LogP contribution is 2.47. The van der Waals surface area contributed by atoms with Crippen molar-refractivity contribution in [3.05, 3.63) is 47.1 Å². The molecule has 9 nitrogen and oxygen atoms in total. The number of hydrogen-bond acceptors (Lipinski definition) is 9. The van der Waals surface area contributed by atoms with Gasteiger partial charge in [-0.25, -0.2) is 0 Å². The van der Waals surface area contributed by atoms with Crippen molar-refractivity contribution >= 4 is 5.97 Å². The number of esters is 1. The van der Waals surface area contributed by atoms with Crippen molar-refractivity contribution in [1.82, 2.24) is 0 Å². The minimum atomic E-state index is -1.79. The lowest BCUT2D eigenvalue weighted by Gasteiger charge is -2.49. The molecule has 9 heteroatoms. The van der Waals surface area contributed by atoms with E-state index in [4.69, 9.17) is 18.9 Å². The molecule has 3 fully saturated rings. The number of ether oxygens (including phenoxy) is 4. The Morgan fingerprint density at radius 2 is 1.88 bits per heavy atom. The second-order valence-electron chi connectivity index (χ2n) is 12.4. The molecule has 0 unspecified atom stereocenters. The summed E-state index contributed by atoms with van der Waals surface area (Å²) in [4.78, 5) is 13.8. The van der Waals surface area contributed by atoms with Gasteiger partial charge in [0.15, 0.2) is 5.79 Å². The van der Waals surface area contributed by atoms with E-state index in [1.54, 1.807) is 31.2 Å². The summed E-state index contributed by atoms with van der Waals surface area (Å²) in [6, 6.07) is 0. The molecule has 1 aliphatic carbocycles. The average molecular weight is 561 g/mol. The van der Waals surface area contributed by atoms with E-state index in [0.29, 0.717) is 48.3 Å². The summed E-state index contributed by atoms with van der Waals surface area (Å²) in [5.41, 5.74) is -0.312. The van der Waals surface area contributed by atoms with Crippen LogP contribution in [0.4, 0.5) is 0 Å². The van der Waals surface area contributed by atoms with Crippen LogP contribution < -0.4 is 0 Å². The molecule has 0 aromatic heterocycles. The zero-order valence-corrected chi connectivity index (χ0v) is 23.9. The zero-order chi connectivity index (χ0) is 28.8. The van der Waals surface area contributed by atoms with E-state index in [0.717, 1.165) is 6.42 Å². The Labute approximate surface area is 236 Å². The van der Waals surface area contributed by atoms with Crippen LogP contribution in [0.5, 0.6) is 0 Å². The van der Waals surface area contributed by atoms with Crippen molar-refractivity contribution in [2.45, 2.75) is 108 Å². The Balaban J connectivity index is 1.55. The lowest BCUT2D eigenvalue weighted by atomic mass is 9.71. The molecule has 4 N–H and O–H groups in total. The fourth-order valence-corrected chi connectivity index (χ4v) is 6.85. The van der Waals surface area contributed by atoms with Gasteiger partial charge >= 0.3 is 5.97 Å². The van der Waals surface area contributed by atoms with Gasteiger partial charge in [-0.1, -0.05) is 44.2 Å². The lowest BCUT2D eigenvalue weighted by molar-refractivity contribution is -0.332. The first kappa shape index (κ1) is 29.6. The molecule has 11 atom stereocenters. The van der Waals surface area contributed by atoms with Gasteiger partial charge in [-0.3, -0.25) is 4.79 Å². The summed E-state index contributed by atoms with van der Waals surface area (Å²) in [5.74, 6) is -2.54. The first-order valence-corrected chi connectivity index (χ1v) is 14.6. The number of carbonyl (C=O) groups excluding carboxylic acids is 1. The SMILES string of the molecule is CC1=C[C@H]2C(=O)O[C@H]3C[C@@H](C/C=C(\CO)[C@H](O)[C@@H](C)/C=C/C=C4\CO[C@H]([C@@H]1O)[C@@]42O)O[C@@]1(CC[C@H](C)[C@@H](C)O1)C3. The molecule has 2 bridgehead atoms. The third-order valence-corrected chi connectivity index (χ3v) is 9.60. The second kappa shape index (κ2) is 11.4. The predicted octanol–water partition coefficient (Wildman–Crippen LogP) is 2.48. The summed E-state index contributed by atoms with van der Waals surface area (Å²) in [7, 11) is 0. The monoisotopic (exact) mass is 560 g/mol. The van der Waals surface area contributed by atoms with Crippen molar-refractivity contribution in [3.8, 4) is 0 Å². The first-order valence-electron chi connectivity index (χ1n) is 14.6. The molecule has 0 aromatic carbocycles. The summed E-state index contributed by atoms with van der Waals surface area (Å²) >= 11 is 0. The van der Waals surface area contributed by atoms with E-state index in [2.05, 4.69) is 6.92 Å². The molecular formula is C31H44O9. The molecule has 3 saturated heterocycles. The maximum absolute atomic E-state index is 13.8. The van der Waals surface area contributed by atoms with Gasteiger partial charge in [0.25, 0.3) is 0 Å².